The highest BCUT2D eigenvalue weighted by atomic mass is 16.6. The first-order valence-corrected chi connectivity index (χ1v) is 19.1. The fourth-order valence-corrected chi connectivity index (χ4v) is 10.8. The van der Waals surface area contributed by atoms with Crippen molar-refractivity contribution in [2.75, 3.05) is 5.32 Å². The second kappa shape index (κ2) is 12.6. The van der Waals surface area contributed by atoms with Gasteiger partial charge in [-0.2, -0.15) is 5.10 Å². The number of nitrogens with one attached hydrogen (secondary N) is 2. The molecule has 5 aliphatic rings. The molecule has 274 valence electrons. The molecule has 2 heterocycles. The van der Waals surface area contributed by atoms with Gasteiger partial charge in [-0.3, -0.25) is 9.59 Å². The summed E-state index contributed by atoms with van der Waals surface area (Å²) in [7, 11) is 0. The molecule has 53 heavy (non-hydrogen) atoms. The number of allylic oxidation sites excluding steroid dienone is 1. The van der Waals surface area contributed by atoms with Gasteiger partial charge in [-0.05, 0) is 128 Å². The Bertz CT molecular complexity index is 2090. The number of ether oxygens (including phenoxy) is 1. The Kier molecular flexibility index (Phi) is 8.03. The van der Waals surface area contributed by atoms with Crippen LogP contribution in [0.5, 0.6) is 0 Å². The van der Waals surface area contributed by atoms with E-state index in [-0.39, 0.29) is 46.7 Å². The summed E-state index contributed by atoms with van der Waals surface area (Å²) in [4.78, 5) is 40.3. The molecule has 2 aromatic carbocycles. The minimum Gasteiger partial charge on any atom is -0.457 e. The van der Waals surface area contributed by atoms with E-state index in [4.69, 9.17) is 14.3 Å². The van der Waals surface area contributed by atoms with Crippen LogP contribution in [0.4, 0.5) is 5.69 Å². The maximum atomic E-state index is 14.5. The highest BCUT2D eigenvalue weighted by Crippen LogP contribution is 2.68. The van der Waals surface area contributed by atoms with Crippen LogP contribution in [0, 0.1) is 34.5 Å². The lowest BCUT2D eigenvalue weighted by Crippen LogP contribution is -2.64. The molecular weight excluding hydrogens is 668 g/mol. The van der Waals surface area contributed by atoms with Gasteiger partial charge in [0.15, 0.2) is 5.60 Å². The summed E-state index contributed by atoms with van der Waals surface area (Å²) in [5.41, 5.74) is 3.60. The smallest absolute Gasteiger partial charge is 0.375 e. The van der Waals surface area contributed by atoms with Gasteiger partial charge >= 0.3 is 5.97 Å². The molecule has 0 bridgehead atoms. The number of fused-ring (bicyclic) bond motifs is 6. The number of esters is 1. The molecule has 0 saturated heterocycles. The van der Waals surface area contributed by atoms with Gasteiger partial charge in [0.05, 0.1) is 29.9 Å². The van der Waals surface area contributed by atoms with Crippen LogP contribution >= 0.6 is 0 Å². The molecule has 3 N–H and O–H groups in total. The summed E-state index contributed by atoms with van der Waals surface area (Å²) >= 11 is 0. The summed E-state index contributed by atoms with van der Waals surface area (Å²) in [6.07, 6.45) is 10.8. The molecule has 5 aliphatic carbocycles. The molecule has 2 amide bonds. The quantitative estimate of drug-likeness (QED) is 0.169. The van der Waals surface area contributed by atoms with E-state index in [2.05, 4.69) is 30.6 Å². The first-order valence-electron chi connectivity index (χ1n) is 19.1. The van der Waals surface area contributed by atoms with Crippen molar-refractivity contribution in [1.82, 2.24) is 15.1 Å². The van der Waals surface area contributed by atoms with Crippen LogP contribution in [0.2, 0.25) is 0 Å². The van der Waals surface area contributed by atoms with Crippen molar-refractivity contribution in [2.45, 2.75) is 83.5 Å². The Morgan fingerprint density at radius 3 is 2.53 bits per heavy atom. The van der Waals surface area contributed by atoms with E-state index in [9.17, 15) is 19.5 Å². The van der Waals surface area contributed by atoms with E-state index >= 15 is 0 Å². The number of nitrogens with zero attached hydrogens (tertiary/aromatic N) is 2. The number of benzene rings is 2. The molecule has 4 fully saturated rings. The Labute approximate surface area is 309 Å². The summed E-state index contributed by atoms with van der Waals surface area (Å²) in [5.74, 6) is -0.552. The van der Waals surface area contributed by atoms with Gasteiger partial charge in [0.1, 0.15) is 0 Å². The maximum Gasteiger partial charge on any atom is 0.375 e. The fraction of sp³-hybridized carbons (Fsp3) is 0.442. The van der Waals surface area contributed by atoms with Crippen LogP contribution in [0.15, 0.2) is 89.2 Å². The van der Waals surface area contributed by atoms with Crippen molar-refractivity contribution in [3.05, 3.63) is 107 Å². The van der Waals surface area contributed by atoms with Crippen LogP contribution in [0.25, 0.3) is 11.8 Å². The molecule has 9 rings (SSSR count). The fourth-order valence-electron chi connectivity index (χ4n) is 10.8. The Balaban J connectivity index is 0.994. The number of carbonyl (C=O) groups is 3. The number of aliphatic hydroxyl groups excluding tert-OH is 1. The van der Waals surface area contributed by atoms with Gasteiger partial charge in [0.2, 0.25) is 11.7 Å². The van der Waals surface area contributed by atoms with Crippen LogP contribution in [-0.2, 0) is 27.3 Å². The number of furan rings is 1. The first-order chi connectivity index (χ1) is 25.6. The van der Waals surface area contributed by atoms with Crippen molar-refractivity contribution >= 4 is 29.5 Å². The summed E-state index contributed by atoms with van der Waals surface area (Å²) < 4.78 is 13.7. The minimum absolute atomic E-state index is 0.0320. The standard InChI is InChI=1S/C43H46N4O6/c1-41-22-28-25-45-47(31-15-13-30(14-16-31)46-38(49)27-10-11-27)34(28)21-29(41)12-17-32-33-18-19-43(42(33,2)23-35(48)37(32)41,53-39(50)36-9-6-20-52-36)40(51)44-24-26-7-4-3-5-8-26/h3-9,13-16,20-21,25,27,32-33,35,37,48H,10-12,17-19,22-24H2,1-2H3,(H,44,51)(H,46,49)/t32?,33?,35-,37?,41-,42-,43-/m0/s1. The third kappa shape index (κ3) is 5.47. The predicted octanol–water partition coefficient (Wildman–Crippen LogP) is 6.88. The summed E-state index contributed by atoms with van der Waals surface area (Å²) in [6, 6.07) is 20.7. The third-order valence-electron chi connectivity index (χ3n) is 13.5. The highest BCUT2D eigenvalue weighted by Gasteiger charge is 2.71. The number of aromatic nitrogens is 2. The molecule has 2 aromatic heterocycles. The SMILES string of the molecule is C[C@]12Cc3cnn(-c4ccc(NC(=O)C5CC5)cc4)c3C=C1CCC1C2[C@@H](O)C[C@@]2(C)C1CC[C@]2(OC(=O)c1ccco1)C(=O)NCc1ccccc1. The average Bonchev–Trinajstić information content (AvgIpc) is 3.57. The number of amides is 2. The van der Waals surface area contributed by atoms with Gasteiger partial charge in [-0.15, -0.1) is 0 Å². The Morgan fingerprint density at radius 2 is 1.79 bits per heavy atom. The lowest BCUT2D eigenvalue weighted by Gasteiger charge is -2.60. The molecule has 4 saturated carbocycles. The number of aliphatic hydroxyl groups is 1. The topological polar surface area (TPSA) is 136 Å². The zero-order valence-corrected chi connectivity index (χ0v) is 30.2. The van der Waals surface area contributed by atoms with E-state index in [1.165, 1.54) is 11.8 Å². The van der Waals surface area contributed by atoms with Crippen molar-refractivity contribution in [3.63, 3.8) is 0 Å². The monoisotopic (exact) mass is 714 g/mol. The van der Waals surface area contributed by atoms with Crippen molar-refractivity contribution < 1.29 is 28.6 Å². The van der Waals surface area contributed by atoms with Gasteiger partial charge in [0, 0.05) is 23.6 Å². The van der Waals surface area contributed by atoms with E-state index in [1.807, 2.05) is 65.5 Å². The minimum atomic E-state index is -1.48. The number of anilines is 1. The first kappa shape index (κ1) is 33.8. The average molecular weight is 715 g/mol. The van der Waals surface area contributed by atoms with Crippen LogP contribution in [0.1, 0.15) is 86.2 Å². The normalized spacial score (nSPS) is 31.3. The van der Waals surface area contributed by atoms with Gasteiger partial charge < -0.3 is 24.9 Å². The maximum absolute atomic E-state index is 14.5. The molecule has 0 aliphatic heterocycles. The van der Waals surface area contributed by atoms with Crippen LogP contribution in [0.3, 0.4) is 0 Å². The van der Waals surface area contributed by atoms with E-state index < -0.39 is 23.1 Å². The molecular formula is C43H46N4O6. The zero-order valence-electron chi connectivity index (χ0n) is 30.2. The second-order valence-electron chi connectivity index (χ2n) is 16.5. The van der Waals surface area contributed by atoms with Crippen LogP contribution in [-0.4, -0.2) is 44.4 Å². The molecule has 7 atom stereocenters. The molecule has 10 nitrogen and oxygen atoms in total. The summed E-state index contributed by atoms with van der Waals surface area (Å²) in [6.45, 7) is 4.66. The predicted molar refractivity (Wildman–Crippen MR) is 198 cm³/mol. The molecule has 0 radical (unpaired) electrons. The van der Waals surface area contributed by atoms with Crippen LogP contribution < -0.4 is 10.6 Å². The van der Waals surface area contributed by atoms with Crippen molar-refractivity contribution in [1.29, 1.82) is 0 Å². The number of rotatable bonds is 8. The van der Waals surface area contributed by atoms with Crippen molar-refractivity contribution in [3.8, 4) is 5.69 Å². The molecule has 4 aromatic rings. The third-order valence-corrected chi connectivity index (χ3v) is 13.5. The van der Waals surface area contributed by atoms with E-state index in [1.54, 1.807) is 12.1 Å². The largest absolute Gasteiger partial charge is 0.457 e. The molecule has 3 unspecified atom stereocenters. The van der Waals surface area contributed by atoms with Gasteiger partial charge in [-0.1, -0.05) is 49.8 Å². The van der Waals surface area contributed by atoms with E-state index in [0.717, 1.165) is 60.3 Å². The van der Waals surface area contributed by atoms with Gasteiger partial charge in [0.25, 0.3) is 5.91 Å². The Hall–Kier alpha value is -4.96. The number of hydrogen-bond acceptors (Lipinski definition) is 7. The molecule has 0 spiro atoms. The zero-order chi connectivity index (χ0) is 36.5. The second-order valence-corrected chi connectivity index (χ2v) is 16.5. The lowest BCUT2D eigenvalue weighted by molar-refractivity contribution is -0.182. The van der Waals surface area contributed by atoms with Crippen molar-refractivity contribution in [2.24, 2.45) is 34.5 Å². The van der Waals surface area contributed by atoms with E-state index in [0.29, 0.717) is 25.8 Å². The Morgan fingerprint density at radius 1 is 1.00 bits per heavy atom. The van der Waals surface area contributed by atoms with Gasteiger partial charge in [-0.25, -0.2) is 9.48 Å². The number of carbonyl (C=O) groups excluding carboxylic acids is 3. The summed E-state index contributed by atoms with van der Waals surface area (Å²) in [5, 5.41) is 23.3. The lowest BCUT2D eigenvalue weighted by atomic mass is 9.45. The molecule has 10 heteroatoms. The number of hydrogen-bond donors (Lipinski definition) is 3. The highest BCUT2D eigenvalue weighted by molar-refractivity contribution is 5.94.